The molecule has 7 heteroatoms. The number of carboxylic acids is 1. The highest BCUT2D eigenvalue weighted by atomic mass is 19.4. The largest absolute Gasteiger partial charge is 0.481 e. The molecule has 1 atom stereocenters. The van der Waals surface area contributed by atoms with Gasteiger partial charge in [0.15, 0.2) is 0 Å². The number of benzene rings is 2. The number of alkyl halides is 3. The van der Waals surface area contributed by atoms with Crippen LogP contribution in [0, 0.1) is 0 Å². The molecule has 2 rings (SSSR count). The lowest BCUT2D eigenvalue weighted by Gasteiger charge is -2.17. The van der Waals surface area contributed by atoms with Crippen molar-refractivity contribution in [3.8, 4) is 0 Å². The van der Waals surface area contributed by atoms with Gasteiger partial charge in [0, 0.05) is 6.04 Å². The minimum absolute atomic E-state index is 0.101. The van der Waals surface area contributed by atoms with E-state index >= 15 is 0 Å². The molecule has 0 aliphatic carbocycles. The quantitative estimate of drug-likeness (QED) is 0.790. The molecule has 0 spiro atoms. The van der Waals surface area contributed by atoms with Crippen LogP contribution < -0.4 is 5.32 Å². The molecule has 0 saturated carbocycles. The average molecular weight is 365 g/mol. The third kappa shape index (κ3) is 6.23. The van der Waals surface area contributed by atoms with Crippen LogP contribution in [0.1, 0.15) is 23.1 Å². The smallest absolute Gasteiger partial charge is 0.416 e. The van der Waals surface area contributed by atoms with Crippen molar-refractivity contribution in [2.75, 3.05) is 0 Å². The predicted octanol–water partition coefficient (Wildman–Crippen LogP) is 3.45. The molecule has 1 amide bonds. The molecule has 0 radical (unpaired) electrons. The highest BCUT2D eigenvalue weighted by Gasteiger charge is 2.30. The molecule has 0 saturated heterocycles. The second-order valence-corrected chi connectivity index (χ2v) is 5.92. The van der Waals surface area contributed by atoms with E-state index in [1.807, 2.05) is 6.07 Å². The zero-order valence-corrected chi connectivity index (χ0v) is 13.8. The van der Waals surface area contributed by atoms with Crippen molar-refractivity contribution in [3.63, 3.8) is 0 Å². The van der Waals surface area contributed by atoms with Crippen LogP contribution in [0.25, 0.3) is 0 Å². The number of hydrogen-bond acceptors (Lipinski definition) is 2. The van der Waals surface area contributed by atoms with E-state index in [1.165, 1.54) is 12.1 Å². The van der Waals surface area contributed by atoms with Gasteiger partial charge in [-0.2, -0.15) is 13.2 Å². The van der Waals surface area contributed by atoms with Gasteiger partial charge in [0.2, 0.25) is 5.91 Å². The summed E-state index contributed by atoms with van der Waals surface area (Å²) in [5.41, 5.74) is 0.530. The van der Waals surface area contributed by atoms with Crippen LogP contribution in [-0.2, 0) is 28.6 Å². The fourth-order valence-corrected chi connectivity index (χ4v) is 2.56. The third-order valence-electron chi connectivity index (χ3n) is 3.76. The number of carboxylic acid groups (broad SMARTS) is 1. The van der Waals surface area contributed by atoms with Gasteiger partial charge in [-0.25, -0.2) is 0 Å². The molecule has 2 aromatic carbocycles. The van der Waals surface area contributed by atoms with Gasteiger partial charge in [-0.1, -0.05) is 42.5 Å². The van der Waals surface area contributed by atoms with Crippen molar-refractivity contribution in [1.82, 2.24) is 5.32 Å². The normalized spacial score (nSPS) is 12.4. The molecule has 4 nitrogen and oxygen atoms in total. The fraction of sp³-hybridized carbons (Fsp3) is 0.263. The number of nitrogens with one attached hydrogen (secondary N) is 1. The third-order valence-corrected chi connectivity index (χ3v) is 3.76. The van der Waals surface area contributed by atoms with E-state index in [0.29, 0.717) is 5.56 Å². The summed E-state index contributed by atoms with van der Waals surface area (Å²) in [6.45, 7) is 0. The predicted molar refractivity (Wildman–Crippen MR) is 89.5 cm³/mol. The summed E-state index contributed by atoms with van der Waals surface area (Å²) < 4.78 is 37.8. The summed E-state index contributed by atoms with van der Waals surface area (Å²) in [6.07, 6.45) is -4.51. The van der Waals surface area contributed by atoms with Gasteiger partial charge in [-0.05, 0) is 29.7 Å². The second-order valence-electron chi connectivity index (χ2n) is 5.92. The zero-order valence-electron chi connectivity index (χ0n) is 13.8. The number of carbonyl (C=O) groups excluding carboxylic acids is 1. The van der Waals surface area contributed by atoms with Crippen molar-refractivity contribution in [2.24, 2.45) is 0 Å². The molecule has 26 heavy (non-hydrogen) atoms. The Morgan fingerprint density at radius 3 is 2.12 bits per heavy atom. The van der Waals surface area contributed by atoms with Crippen LogP contribution in [0.2, 0.25) is 0 Å². The lowest BCUT2D eigenvalue weighted by Crippen LogP contribution is -2.39. The SMILES string of the molecule is O=C(O)C[C@@H](Cc1ccc(C(F)(F)F)cc1)NC(=O)Cc1ccccc1. The summed E-state index contributed by atoms with van der Waals surface area (Å²) in [6, 6.07) is 12.7. The van der Waals surface area contributed by atoms with E-state index in [4.69, 9.17) is 5.11 Å². The molecule has 138 valence electrons. The lowest BCUT2D eigenvalue weighted by atomic mass is 10.0. The van der Waals surface area contributed by atoms with Gasteiger partial charge in [-0.3, -0.25) is 9.59 Å². The lowest BCUT2D eigenvalue weighted by molar-refractivity contribution is -0.138. The fourth-order valence-electron chi connectivity index (χ4n) is 2.56. The summed E-state index contributed by atoms with van der Waals surface area (Å²) in [7, 11) is 0. The van der Waals surface area contributed by atoms with Crippen LogP contribution in [0.5, 0.6) is 0 Å². The van der Waals surface area contributed by atoms with Gasteiger partial charge < -0.3 is 10.4 Å². The minimum atomic E-state index is -4.43. The number of rotatable bonds is 7. The van der Waals surface area contributed by atoms with Crippen molar-refractivity contribution in [3.05, 3.63) is 71.3 Å². The molecule has 2 N–H and O–H groups in total. The molecule has 0 fully saturated rings. The molecular formula is C19H18F3NO3. The molecular weight excluding hydrogens is 347 g/mol. The van der Waals surface area contributed by atoms with Crippen molar-refractivity contribution < 1.29 is 27.9 Å². The maximum absolute atomic E-state index is 12.6. The van der Waals surface area contributed by atoms with Crippen molar-refractivity contribution in [1.29, 1.82) is 0 Å². The van der Waals surface area contributed by atoms with Crippen LogP contribution >= 0.6 is 0 Å². The second kappa shape index (κ2) is 8.51. The van der Waals surface area contributed by atoms with Crippen LogP contribution in [0.3, 0.4) is 0 Å². The number of halogens is 3. The Labute approximate surface area is 148 Å². The Kier molecular flexibility index (Phi) is 6.38. The first-order valence-corrected chi connectivity index (χ1v) is 7.95. The molecule has 0 unspecified atom stereocenters. The molecule has 0 heterocycles. The Balaban J connectivity index is 2.02. The highest BCUT2D eigenvalue weighted by Crippen LogP contribution is 2.29. The van der Waals surface area contributed by atoms with Crippen molar-refractivity contribution in [2.45, 2.75) is 31.5 Å². The van der Waals surface area contributed by atoms with E-state index < -0.39 is 23.8 Å². The van der Waals surface area contributed by atoms with E-state index in [2.05, 4.69) is 5.32 Å². The van der Waals surface area contributed by atoms with Gasteiger partial charge in [-0.15, -0.1) is 0 Å². The van der Waals surface area contributed by atoms with E-state index in [-0.39, 0.29) is 25.2 Å². The number of hydrogen-bond donors (Lipinski definition) is 2. The van der Waals surface area contributed by atoms with Crippen LogP contribution in [-0.4, -0.2) is 23.0 Å². The maximum atomic E-state index is 12.6. The number of amides is 1. The Morgan fingerprint density at radius 1 is 0.962 bits per heavy atom. The summed E-state index contributed by atoms with van der Waals surface area (Å²) in [4.78, 5) is 23.2. The zero-order chi connectivity index (χ0) is 19.2. The number of carbonyl (C=O) groups is 2. The summed E-state index contributed by atoms with van der Waals surface area (Å²) in [5, 5.41) is 11.7. The average Bonchev–Trinajstić information content (AvgIpc) is 2.54. The molecule has 2 aromatic rings. The van der Waals surface area contributed by atoms with Crippen LogP contribution in [0.4, 0.5) is 13.2 Å². The molecule has 0 aromatic heterocycles. The minimum Gasteiger partial charge on any atom is -0.481 e. The Bertz CT molecular complexity index is 743. The van der Waals surface area contributed by atoms with E-state index in [9.17, 15) is 22.8 Å². The van der Waals surface area contributed by atoms with Gasteiger partial charge >= 0.3 is 12.1 Å². The highest BCUT2D eigenvalue weighted by molar-refractivity contribution is 5.79. The van der Waals surface area contributed by atoms with Crippen LogP contribution in [0.15, 0.2) is 54.6 Å². The van der Waals surface area contributed by atoms with Gasteiger partial charge in [0.1, 0.15) is 0 Å². The summed E-state index contributed by atoms with van der Waals surface area (Å²) in [5.74, 6) is -1.43. The molecule has 0 aliphatic heterocycles. The Morgan fingerprint density at radius 2 is 1.58 bits per heavy atom. The standard InChI is InChI=1S/C19H18F3NO3/c20-19(21,22)15-8-6-14(7-9-15)10-16(12-18(25)26)23-17(24)11-13-4-2-1-3-5-13/h1-9,16H,10-12H2,(H,23,24)(H,25,26)/t16-/m1/s1. The molecule has 0 bridgehead atoms. The number of aliphatic carboxylic acids is 1. The van der Waals surface area contributed by atoms with Gasteiger partial charge in [0.05, 0.1) is 18.4 Å². The maximum Gasteiger partial charge on any atom is 0.416 e. The topological polar surface area (TPSA) is 66.4 Å². The first-order chi connectivity index (χ1) is 12.2. The molecule has 0 aliphatic rings. The summed E-state index contributed by atoms with van der Waals surface area (Å²) >= 11 is 0. The first-order valence-electron chi connectivity index (χ1n) is 7.95. The van der Waals surface area contributed by atoms with E-state index in [1.54, 1.807) is 24.3 Å². The Hall–Kier alpha value is -2.83. The van der Waals surface area contributed by atoms with E-state index in [0.717, 1.165) is 17.7 Å². The van der Waals surface area contributed by atoms with Gasteiger partial charge in [0.25, 0.3) is 0 Å². The monoisotopic (exact) mass is 365 g/mol. The van der Waals surface area contributed by atoms with Crippen molar-refractivity contribution >= 4 is 11.9 Å². The first kappa shape index (κ1) is 19.5.